The lowest BCUT2D eigenvalue weighted by atomic mass is 9.87. The fourth-order valence-electron chi connectivity index (χ4n) is 8.47. The molecule has 0 aromatic heterocycles. The van der Waals surface area contributed by atoms with E-state index in [4.69, 9.17) is 9.15 Å². The molecular formula is C50H55N5O11S. The van der Waals surface area contributed by atoms with Gasteiger partial charge >= 0.3 is 12.1 Å². The van der Waals surface area contributed by atoms with Crippen LogP contribution in [0.4, 0.5) is 4.79 Å². The molecule has 2 aliphatic carbocycles. The van der Waals surface area contributed by atoms with Crippen molar-refractivity contribution in [2.24, 2.45) is 0 Å². The number of rotatable bonds is 14. The number of benzene rings is 4. The second-order valence-corrected chi connectivity index (χ2v) is 18.9. The van der Waals surface area contributed by atoms with Gasteiger partial charge in [0.1, 0.15) is 40.8 Å². The van der Waals surface area contributed by atoms with E-state index >= 15 is 0 Å². The van der Waals surface area contributed by atoms with Crippen molar-refractivity contribution < 1.29 is 48.1 Å². The fraction of sp³-hybridized carbons (Fsp3) is 0.380. The summed E-state index contributed by atoms with van der Waals surface area (Å²) < 4.78 is 11.4. The average Bonchev–Trinajstić information content (AvgIpc) is 3.79. The number of ether oxygens (including phenoxy) is 1. The van der Waals surface area contributed by atoms with Crippen LogP contribution in [-0.4, -0.2) is 105 Å². The Morgan fingerprint density at radius 1 is 0.970 bits per heavy atom. The van der Waals surface area contributed by atoms with Crippen molar-refractivity contribution in [2.45, 2.75) is 96.0 Å². The first-order valence-corrected chi connectivity index (χ1v) is 23.4. The summed E-state index contributed by atoms with van der Waals surface area (Å²) in [5.41, 5.74) is 2.42. The van der Waals surface area contributed by atoms with Crippen molar-refractivity contribution >= 4 is 58.4 Å². The van der Waals surface area contributed by atoms with Gasteiger partial charge in [0.25, 0.3) is 5.91 Å². The monoisotopic (exact) mass is 933 g/mol. The maximum atomic E-state index is 14.4. The smallest absolute Gasteiger partial charge is 0.410 e. The van der Waals surface area contributed by atoms with Crippen LogP contribution in [0.2, 0.25) is 0 Å². The van der Waals surface area contributed by atoms with E-state index in [2.05, 4.69) is 22.0 Å². The molecule has 2 aliphatic heterocycles. The number of thioether (sulfide) groups is 1. The van der Waals surface area contributed by atoms with Gasteiger partial charge in [-0.1, -0.05) is 30.3 Å². The standard InChI is InChI=1S/C50H55N5O11S/c1-28(54(5)49(64)66-50(2,3)4)44(58)53-39(47(61)55-27-67-26-40(55)46(60)52-38-15-10-12-29-11-6-7-13-33(29)38)14-8-9-22-51-45(59)30-16-19-34(37(23-30)48(62)63)43-35-20-17-31(56)24-41(35)65-42-25-32(57)18-21-36(42)43/h6-7,11,13,16-21,23-25,28,38-40,56H,8-10,12,14-15,22,26-27H2,1-5H3,(H,51,59)(H,52,60)(H,53,58)(H,62,63). The largest absolute Gasteiger partial charge is 0.508 e. The molecule has 16 nitrogen and oxygen atoms in total. The summed E-state index contributed by atoms with van der Waals surface area (Å²) in [5, 5.41) is 29.9. The first-order chi connectivity index (χ1) is 31.9. The number of nitrogens with one attached hydrogen (secondary N) is 3. The molecule has 2 heterocycles. The van der Waals surface area contributed by atoms with Crippen LogP contribution >= 0.6 is 11.8 Å². The van der Waals surface area contributed by atoms with Gasteiger partial charge < -0.3 is 40.2 Å². The number of hydrogen-bond donors (Lipinski definition) is 5. The highest BCUT2D eigenvalue weighted by Crippen LogP contribution is 2.42. The number of carboxylic acids is 1. The van der Waals surface area contributed by atoms with E-state index in [1.807, 2.05) is 18.2 Å². The number of unbranched alkanes of at least 4 members (excludes halogenated alkanes) is 1. The Hall–Kier alpha value is -6.88. The number of aryl methyl sites for hydroxylation is 1. The van der Waals surface area contributed by atoms with E-state index in [1.165, 1.54) is 78.7 Å². The number of phenols is 1. The zero-order valence-electron chi connectivity index (χ0n) is 38.1. The summed E-state index contributed by atoms with van der Waals surface area (Å²) in [5.74, 6) is -2.44. The Bertz CT molecular complexity index is 2750. The van der Waals surface area contributed by atoms with Crippen LogP contribution in [0.25, 0.3) is 33.4 Å². The third-order valence-corrected chi connectivity index (χ3v) is 13.1. The Labute approximate surface area is 391 Å². The second-order valence-electron chi connectivity index (χ2n) is 17.9. The highest BCUT2D eigenvalue weighted by molar-refractivity contribution is 7.99. The Kier molecular flexibility index (Phi) is 14.6. The van der Waals surface area contributed by atoms with Gasteiger partial charge in [-0.2, -0.15) is 0 Å². The Balaban J connectivity index is 1.04. The maximum Gasteiger partial charge on any atom is 0.410 e. The molecular weight excluding hydrogens is 879 g/mol. The van der Waals surface area contributed by atoms with Crippen LogP contribution in [0.5, 0.6) is 5.75 Å². The molecule has 4 aliphatic rings. The summed E-state index contributed by atoms with van der Waals surface area (Å²) in [4.78, 5) is 96.0. The molecule has 0 radical (unpaired) electrons. The number of amides is 5. The normalized spacial score (nSPS) is 16.7. The predicted molar refractivity (Wildman–Crippen MR) is 253 cm³/mol. The first-order valence-electron chi connectivity index (χ1n) is 22.3. The van der Waals surface area contributed by atoms with Crippen LogP contribution < -0.4 is 21.4 Å². The lowest BCUT2D eigenvalue weighted by Gasteiger charge is -2.32. The van der Waals surface area contributed by atoms with E-state index in [0.717, 1.165) is 29.7 Å². The molecule has 5 N–H and O–H groups in total. The number of aromatic carboxylic acids is 1. The van der Waals surface area contributed by atoms with Crippen molar-refractivity contribution in [3.8, 4) is 28.2 Å². The number of nitrogens with zero attached hydrogens (tertiary/aromatic N) is 2. The predicted octanol–water partition coefficient (Wildman–Crippen LogP) is 6.70. The third kappa shape index (κ3) is 11.1. The molecule has 1 saturated heterocycles. The lowest BCUT2D eigenvalue weighted by Crippen LogP contribution is -2.57. The molecule has 4 unspecified atom stereocenters. The number of aromatic hydroxyl groups is 1. The molecule has 1 fully saturated rings. The molecule has 67 heavy (non-hydrogen) atoms. The number of fused-ring (bicyclic) bond motifs is 3. The van der Waals surface area contributed by atoms with Gasteiger partial charge in [-0.25, -0.2) is 9.59 Å². The molecule has 3 aromatic rings. The van der Waals surface area contributed by atoms with E-state index in [1.54, 1.807) is 32.9 Å². The number of carbonyl (C=O) groups excluding carboxylic acids is 5. The van der Waals surface area contributed by atoms with Crippen molar-refractivity contribution in [3.05, 3.63) is 111 Å². The molecule has 3 aromatic carbocycles. The topological polar surface area (TPSA) is 225 Å². The van der Waals surface area contributed by atoms with Crippen molar-refractivity contribution in [1.82, 2.24) is 25.8 Å². The number of carboxylic acid groups (broad SMARTS) is 1. The molecule has 352 valence electrons. The molecule has 7 rings (SSSR count). The summed E-state index contributed by atoms with van der Waals surface area (Å²) in [6.07, 6.45) is 2.77. The zero-order chi connectivity index (χ0) is 48.2. The van der Waals surface area contributed by atoms with Crippen LogP contribution in [-0.2, 0) is 25.5 Å². The molecule has 4 atom stereocenters. The quantitative estimate of drug-likeness (QED) is 0.0579. The van der Waals surface area contributed by atoms with Crippen LogP contribution in [0.1, 0.15) is 97.7 Å². The molecule has 0 spiro atoms. The van der Waals surface area contributed by atoms with E-state index in [-0.39, 0.29) is 70.0 Å². The van der Waals surface area contributed by atoms with Gasteiger partial charge in [-0.05, 0) is 119 Å². The molecule has 17 heteroatoms. The van der Waals surface area contributed by atoms with E-state index < -0.39 is 53.5 Å². The minimum atomic E-state index is -1.30. The first kappa shape index (κ1) is 48.1. The minimum absolute atomic E-state index is 0.0749. The molecule has 0 saturated carbocycles. The summed E-state index contributed by atoms with van der Waals surface area (Å²) in [6, 6.07) is 17.8. The average molecular weight is 934 g/mol. The van der Waals surface area contributed by atoms with Crippen LogP contribution in [0.3, 0.4) is 0 Å². The van der Waals surface area contributed by atoms with Gasteiger partial charge in [-0.3, -0.25) is 28.9 Å². The number of carbonyl (C=O) groups is 6. The van der Waals surface area contributed by atoms with Gasteiger partial charge in [-0.15, -0.1) is 11.8 Å². The van der Waals surface area contributed by atoms with Crippen molar-refractivity contribution in [1.29, 1.82) is 0 Å². The van der Waals surface area contributed by atoms with Crippen molar-refractivity contribution in [2.75, 3.05) is 25.2 Å². The second kappa shape index (κ2) is 20.3. The van der Waals surface area contributed by atoms with E-state index in [0.29, 0.717) is 35.1 Å². The highest BCUT2D eigenvalue weighted by Gasteiger charge is 2.40. The third-order valence-electron chi connectivity index (χ3n) is 12.1. The summed E-state index contributed by atoms with van der Waals surface area (Å²) in [6.45, 7) is 6.80. The van der Waals surface area contributed by atoms with Crippen molar-refractivity contribution in [3.63, 3.8) is 0 Å². The summed E-state index contributed by atoms with van der Waals surface area (Å²) in [7, 11) is 1.43. The van der Waals surface area contributed by atoms with Crippen LogP contribution in [0, 0.1) is 0 Å². The Morgan fingerprint density at radius 3 is 2.49 bits per heavy atom. The Morgan fingerprint density at radius 2 is 1.73 bits per heavy atom. The molecule has 0 bridgehead atoms. The summed E-state index contributed by atoms with van der Waals surface area (Å²) >= 11 is 1.44. The van der Waals surface area contributed by atoms with Gasteiger partial charge in [0.15, 0.2) is 5.43 Å². The maximum absolute atomic E-state index is 14.4. The lowest BCUT2D eigenvalue weighted by molar-refractivity contribution is -0.142. The fourth-order valence-corrected chi connectivity index (χ4v) is 9.64. The van der Waals surface area contributed by atoms with Gasteiger partial charge in [0.05, 0.1) is 17.5 Å². The number of hydrogen-bond acceptors (Lipinski definition) is 11. The van der Waals surface area contributed by atoms with Crippen LogP contribution in [0.15, 0.2) is 88.1 Å². The van der Waals surface area contributed by atoms with Gasteiger partial charge in [0.2, 0.25) is 17.7 Å². The molecule has 5 amide bonds. The van der Waals surface area contributed by atoms with Gasteiger partial charge in [0, 0.05) is 53.6 Å². The number of phenolic OH excluding ortho intramolecular Hbond substituents is 1. The zero-order valence-corrected chi connectivity index (χ0v) is 38.9. The highest BCUT2D eigenvalue weighted by atomic mass is 32.2. The number of likely N-dealkylation sites (N-methyl/N-ethyl adjacent to an activating group) is 1. The van der Waals surface area contributed by atoms with E-state index in [9.17, 15) is 43.8 Å². The SMILES string of the molecule is CC(C(=O)NC(CCCCNC(=O)c1ccc(-c2c3ccc(=O)cc-3oc3cc(O)ccc23)c(C(=O)O)c1)C(=O)N1CSCC1C(=O)NC1CCCc2ccccc21)N(C)C(=O)OC(C)(C)C. The minimum Gasteiger partial charge on any atom is -0.508 e.